The average Bonchev–Trinajstić information content (AvgIpc) is 2.44. The summed E-state index contributed by atoms with van der Waals surface area (Å²) in [4.78, 5) is 8.60. The highest BCUT2D eigenvalue weighted by Gasteiger charge is 2.12. The maximum atomic E-state index is 5.91. The molecule has 2 aromatic rings. The Balaban J connectivity index is 2.07. The van der Waals surface area contributed by atoms with Crippen LogP contribution in [0.15, 0.2) is 36.7 Å². The van der Waals surface area contributed by atoms with Crippen LogP contribution in [0.5, 0.6) is 5.75 Å². The van der Waals surface area contributed by atoms with Crippen molar-refractivity contribution < 1.29 is 4.74 Å². The summed E-state index contributed by atoms with van der Waals surface area (Å²) in [7, 11) is 0. The third-order valence-corrected chi connectivity index (χ3v) is 3.00. The summed E-state index contributed by atoms with van der Waals surface area (Å²) in [5.41, 5.74) is 3.09. The maximum absolute atomic E-state index is 5.91. The van der Waals surface area contributed by atoms with Crippen molar-refractivity contribution >= 4 is 0 Å². The number of aromatic nitrogens is 2. The molecule has 0 bridgehead atoms. The van der Waals surface area contributed by atoms with Crippen LogP contribution in [0.1, 0.15) is 37.7 Å². The van der Waals surface area contributed by atoms with Crippen molar-refractivity contribution in [3.63, 3.8) is 0 Å². The molecule has 0 unspecified atom stereocenters. The van der Waals surface area contributed by atoms with E-state index in [2.05, 4.69) is 36.1 Å². The van der Waals surface area contributed by atoms with Gasteiger partial charge >= 0.3 is 0 Å². The first-order chi connectivity index (χ1) is 9.94. The number of aryl methyl sites for hydroxylation is 1. The Morgan fingerprint density at radius 1 is 1.10 bits per heavy atom. The monoisotopic (exact) mass is 285 g/mol. The van der Waals surface area contributed by atoms with Crippen molar-refractivity contribution in [2.45, 2.75) is 46.4 Å². The van der Waals surface area contributed by atoms with Crippen molar-refractivity contribution in [1.82, 2.24) is 15.3 Å². The standard InChI is InChI=1S/C17H23N3O/c1-13-5-6-16(15(20-13)11-19-17(2,3)4)21-12-14-7-9-18-10-8-14/h5-10,19H,11-12H2,1-4H3. The van der Waals surface area contributed by atoms with Crippen molar-refractivity contribution in [3.05, 3.63) is 53.6 Å². The Bertz CT molecular complexity index is 576. The van der Waals surface area contributed by atoms with Crippen molar-refractivity contribution in [1.29, 1.82) is 0 Å². The molecule has 0 amide bonds. The summed E-state index contributed by atoms with van der Waals surface area (Å²) in [6, 6.07) is 7.87. The average molecular weight is 285 g/mol. The van der Waals surface area contributed by atoms with E-state index >= 15 is 0 Å². The van der Waals surface area contributed by atoms with Gasteiger partial charge < -0.3 is 10.1 Å². The largest absolute Gasteiger partial charge is 0.487 e. The molecule has 0 aromatic carbocycles. The minimum atomic E-state index is 0.0494. The van der Waals surface area contributed by atoms with Gasteiger partial charge in [-0.05, 0) is 57.5 Å². The van der Waals surface area contributed by atoms with E-state index in [1.807, 2.05) is 31.2 Å². The molecule has 0 radical (unpaired) electrons. The zero-order valence-electron chi connectivity index (χ0n) is 13.2. The van der Waals surface area contributed by atoms with E-state index in [9.17, 15) is 0 Å². The quantitative estimate of drug-likeness (QED) is 0.916. The van der Waals surface area contributed by atoms with E-state index in [0.717, 1.165) is 22.7 Å². The van der Waals surface area contributed by atoms with Gasteiger partial charge in [-0.3, -0.25) is 9.97 Å². The molecule has 0 spiro atoms. The highest BCUT2D eigenvalue weighted by atomic mass is 16.5. The minimum Gasteiger partial charge on any atom is -0.487 e. The zero-order valence-corrected chi connectivity index (χ0v) is 13.2. The lowest BCUT2D eigenvalue weighted by molar-refractivity contribution is 0.297. The van der Waals surface area contributed by atoms with Gasteiger partial charge in [0.25, 0.3) is 0 Å². The summed E-state index contributed by atoms with van der Waals surface area (Å²) in [5.74, 6) is 0.828. The van der Waals surface area contributed by atoms with Crippen molar-refractivity contribution in [2.24, 2.45) is 0 Å². The van der Waals surface area contributed by atoms with E-state index in [-0.39, 0.29) is 5.54 Å². The van der Waals surface area contributed by atoms with Gasteiger partial charge in [-0.15, -0.1) is 0 Å². The fraction of sp³-hybridized carbons (Fsp3) is 0.412. The molecule has 0 aliphatic heterocycles. The van der Waals surface area contributed by atoms with Crippen LogP contribution < -0.4 is 10.1 Å². The van der Waals surface area contributed by atoms with Gasteiger partial charge in [0.05, 0.1) is 5.69 Å². The topological polar surface area (TPSA) is 47.0 Å². The number of hydrogen-bond donors (Lipinski definition) is 1. The SMILES string of the molecule is Cc1ccc(OCc2ccncc2)c(CNC(C)(C)C)n1. The highest BCUT2D eigenvalue weighted by molar-refractivity contribution is 5.29. The Hall–Kier alpha value is -1.94. The number of nitrogens with zero attached hydrogens (tertiary/aromatic N) is 2. The predicted molar refractivity (Wildman–Crippen MR) is 84.1 cm³/mol. The van der Waals surface area contributed by atoms with Gasteiger partial charge in [-0.1, -0.05) is 0 Å². The minimum absolute atomic E-state index is 0.0494. The first-order valence-corrected chi connectivity index (χ1v) is 7.17. The molecule has 21 heavy (non-hydrogen) atoms. The molecule has 4 nitrogen and oxygen atoms in total. The van der Waals surface area contributed by atoms with E-state index in [1.165, 1.54) is 0 Å². The third-order valence-electron chi connectivity index (χ3n) is 3.00. The van der Waals surface area contributed by atoms with E-state index in [4.69, 9.17) is 4.74 Å². The highest BCUT2D eigenvalue weighted by Crippen LogP contribution is 2.19. The normalized spacial score (nSPS) is 11.4. The zero-order chi connectivity index (χ0) is 15.3. The Kier molecular flexibility index (Phi) is 4.91. The van der Waals surface area contributed by atoms with Crippen molar-refractivity contribution in [2.75, 3.05) is 0 Å². The number of rotatable bonds is 5. The summed E-state index contributed by atoms with van der Waals surface area (Å²) in [6.45, 7) is 9.63. The van der Waals surface area contributed by atoms with Crippen molar-refractivity contribution in [3.8, 4) is 5.75 Å². The first kappa shape index (κ1) is 15.4. The fourth-order valence-corrected chi connectivity index (χ4v) is 1.84. The summed E-state index contributed by atoms with van der Waals surface area (Å²) in [5, 5.41) is 3.45. The number of nitrogens with one attached hydrogen (secondary N) is 1. The van der Waals surface area contributed by atoms with Crippen LogP contribution in [0.3, 0.4) is 0 Å². The lowest BCUT2D eigenvalue weighted by Crippen LogP contribution is -2.35. The van der Waals surface area contributed by atoms with Crippen LogP contribution in [0.4, 0.5) is 0 Å². The molecule has 0 saturated heterocycles. The van der Waals surface area contributed by atoms with Gasteiger partial charge in [0, 0.05) is 30.2 Å². The second-order valence-electron chi connectivity index (χ2n) is 6.15. The fourth-order valence-electron chi connectivity index (χ4n) is 1.84. The van der Waals surface area contributed by atoms with Gasteiger partial charge in [0.2, 0.25) is 0 Å². The Morgan fingerprint density at radius 3 is 2.48 bits per heavy atom. The predicted octanol–water partition coefficient (Wildman–Crippen LogP) is 3.25. The second kappa shape index (κ2) is 6.68. The van der Waals surface area contributed by atoms with Crippen LogP contribution in [0.25, 0.3) is 0 Å². The lowest BCUT2D eigenvalue weighted by atomic mass is 10.1. The summed E-state index contributed by atoms with van der Waals surface area (Å²) < 4.78 is 5.91. The molecular formula is C17H23N3O. The molecule has 2 rings (SSSR count). The molecule has 2 heterocycles. The third kappa shape index (κ3) is 5.16. The van der Waals surface area contributed by atoms with Crippen LogP contribution in [0, 0.1) is 6.92 Å². The van der Waals surface area contributed by atoms with Crippen LogP contribution >= 0.6 is 0 Å². The molecular weight excluding hydrogens is 262 g/mol. The Labute approximate surface area is 126 Å². The molecule has 0 fully saturated rings. The van der Waals surface area contributed by atoms with Crippen LogP contribution in [-0.2, 0) is 13.2 Å². The molecule has 0 aliphatic rings. The molecule has 112 valence electrons. The van der Waals surface area contributed by atoms with Gasteiger partial charge in [0.1, 0.15) is 12.4 Å². The van der Waals surface area contributed by atoms with E-state index in [0.29, 0.717) is 13.2 Å². The smallest absolute Gasteiger partial charge is 0.142 e. The van der Waals surface area contributed by atoms with E-state index < -0.39 is 0 Å². The molecule has 1 N–H and O–H groups in total. The number of ether oxygens (including phenoxy) is 1. The molecule has 4 heteroatoms. The van der Waals surface area contributed by atoms with Gasteiger partial charge in [-0.25, -0.2) is 0 Å². The van der Waals surface area contributed by atoms with E-state index in [1.54, 1.807) is 12.4 Å². The second-order valence-corrected chi connectivity index (χ2v) is 6.15. The Morgan fingerprint density at radius 2 is 1.81 bits per heavy atom. The van der Waals surface area contributed by atoms with Crippen LogP contribution in [0.2, 0.25) is 0 Å². The molecule has 0 atom stereocenters. The lowest BCUT2D eigenvalue weighted by Gasteiger charge is -2.21. The number of hydrogen-bond acceptors (Lipinski definition) is 4. The van der Waals surface area contributed by atoms with Gasteiger partial charge in [0.15, 0.2) is 0 Å². The van der Waals surface area contributed by atoms with Crippen LogP contribution in [-0.4, -0.2) is 15.5 Å². The first-order valence-electron chi connectivity index (χ1n) is 7.17. The summed E-state index contributed by atoms with van der Waals surface area (Å²) >= 11 is 0. The number of pyridine rings is 2. The molecule has 0 saturated carbocycles. The molecule has 2 aromatic heterocycles. The maximum Gasteiger partial charge on any atom is 0.142 e. The molecule has 0 aliphatic carbocycles. The van der Waals surface area contributed by atoms with Gasteiger partial charge in [-0.2, -0.15) is 0 Å². The summed E-state index contributed by atoms with van der Waals surface area (Å²) in [6.07, 6.45) is 3.54.